The Morgan fingerprint density at radius 3 is 3.11 bits per heavy atom. The fourth-order valence-electron chi connectivity index (χ4n) is 3.23. The maximum atomic E-state index is 5.71. The SMILES string of the molecule is CC1CN2CCCCC2CN1Cc1cnc(N)s1. The summed E-state index contributed by atoms with van der Waals surface area (Å²) >= 11 is 1.62. The van der Waals surface area contributed by atoms with Gasteiger partial charge in [-0.1, -0.05) is 6.42 Å². The van der Waals surface area contributed by atoms with E-state index in [4.69, 9.17) is 5.73 Å². The number of hydrogen-bond acceptors (Lipinski definition) is 5. The van der Waals surface area contributed by atoms with Crippen LogP contribution < -0.4 is 5.73 Å². The molecule has 3 heterocycles. The van der Waals surface area contributed by atoms with Crippen molar-refractivity contribution in [2.45, 2.75) is 44.8 Å². The van der Waals surface area contributed by atoms with Gasteiger partial charge in [-0.3, -0.25) is 9.80 Å². The summed E-state index contributed by atoms with van der Waals surface area (Å²) in [6, 6.07) is 1.42. The molecule has 1 aromatic heterocycles. The van der Waals surface area contributed by atoms with Crippen molar-refractivity contribution in [2.24, 2.45) is 0 Å². The summed E-state index contributed by atoms with van der Waals surface area (Å²) in [6.45, 7) is 7.09. The summed E-state index contributed by atoms with van der Waals surface area (Å²) in [4.78, 5) is 10.7. The number of piperazine rings is 1. The van der Waals surface area contributed by atoms with Gasteiger partial charge in [0.1, 0.15) is 0 Å². The number of aromatic nitrogens is 1. The maximum absolute atomic E-state index is 5.71. The van der Waals surface area contributed by atoms with E-state index in [0.717, 1.165) is 12.6 Å². The fraction of sp³-hybridized carbons (Fsp3) is 0.769. The van der Waals surface area contributed by atoms with Gasteiger partial charge in [0, 0.05) is 42.8 Å². The van der Waals surface area contributed by atoms with Crippen LogP contribution in [0.4, 0.5) is 5.13 Å². The zero-order chi connectivity index (χ0) is 12.5. The van der Waals surface area contributed by atoms with Crippen LogP contribution in [0.15, 0.2) is 6.20 Å². The molecule has 2 unspecified atom stereocenters. The minimum absolute atomic E-state index is 0.641. The third-order valence-electron chi connectivity index (χ3n) is 4.25. The van der Waals surface area contributed by atoms with E-state index in [9.17, 15) is 0 Å². The van der Waals surface area contributed by atoms with E-state index in [-0.39, 0.29) is 0 Å². The van der Waals surface area contributed by atoms with Gasteiger partial charge in [0.15, 0.2) is 5.13 Å². The van der Waals surface area contributed by atoms with E-state index in [1.54, 1.807) is 11.3 Å². The number of hydrogen-bond donors (Lipinski definition) is 1. The van der Waals surface area contributed by atoms with Crippen molar-refractivity contribution < 1.29 is 0 Å². The first-order chi connectivity index (χ1) is 8.72. The Morgan fingerprint density at radius 1 is 1.44 bits per heavy atom. The summed E-state index contributed by atoms with van der Waals surface area (Å²) in [7, 11) is 0. The zero-order valence-corrected chi connectivity index (χ0v) is 11.8. The lowest BCUT2D eigenvalue weighted by Crippen LogP contribution is -2.58. The quantitative estimate of drug-likeness (QED) is 0.886. The molecular formula is C13H22N4S. The summed E-state index contributed by atoms with van der Waals surface area (Å²) in [5.74, 6) is 0. The van der Waals surface area contributed by atoms with Crippen LogP contribution in [0.3, 0.4) is 0 Å². The fourth-order valence-corrected chi connectivity index (χ4v) is 3.94. The van der Waals surface area contributed by atoms with Gasteiger partial charge in [-0.2, -0.15) is 0 Å². The molecule has 2 N–H and O–H groups in total. The van der Waals surface area contributed by atoms with Crippen LogP contribution in [0.25, 0.3) is 0 Å². The molecule has 0 spiro atoms. The van der Waals surface area contributed by atoms with Crippen LogP contribution in [0, 0.1) is 0 Å². The van der Waals surface area contributed by atoms with Crippen molar-refractivity contribution in [2.75, 3.05) is 25.4 Å². The topological polar surface area (TPSA) is 45.4 Å². The van der Waals surface area contributed by atoms with Crippen LogP contribution in [0.5, 0.6) is 0 Å². The molecule has 0 bridgehead atoms. The van der Waals surface area contributed by atoms with Crippen LogP contribution in [-0.2, 0) is 6.54 Å². The molecule has 0 aromatic carbocycles. The van der Waals surface area contributed by atoms with Crippen molar-refractivity contribution in [3.63, 3.8) is 0 Å². The Hall–Kier alpha value is -0.650. The Balaban J connectivity index is 1.65. The second kappa shape index (κ2) is 5.15. The van der Waals surface area contributed by atoms with Gasteiger partial charge in [0.05, 0.1) is 0 Å². The minimum Gasteiger partial charge on any atom is -0.375 e. The molecule has 0 amide bonds. The van der Waals surface area contributed by atoms with E-state index >= 15 is 0 Å². The van der Waals surface area contributed by atoms with Crippen molar-refractivity contribution in [3.8, 4) is 0 Å². The molecule has 18 heavy (non-hydrogen) atoms. The van der Waals surface area contributed by atoms with Gasteiger partial charge in [-0.25, -0.2) is 4.98 Å². The Kier molecular flexibility index (Phi) is 3.54. The van der Waals surface area contributed by atoms with Crippen LogP contribution in [0.1, 0.15) is 31.1 Å². The summed E-state index contributed by atoms with van der Waals surface area (Å²) < 4.78 is 0. The average Bonchev–Trinajstić information content (AvgIpc) is 2.76. The molecule has 0 saturated carbocycles. The van der Waals surface area contributed by atoms with Gasteiger partial charge < -0.3 is 5.73 Å². The van der Waals surface area contributed by atoms with Crippen molar-refractivity contribution in [1.82, 2.24) is 14.8 Å². The van der Waals surface area contributed by atoms with Crippen LogP contribution in [0.2, 0.25) is 0 Å². The first kappa shape index (κ1) is 12.4. The molecule has 2 fully saturated rings. The summed E-state index contributed by atoms with van der Waals surface area (Å²) in [6.07, 6.45) is 6.08. The number of rotatable bonds is 2. The first-order valence-electron chi connectivity index (χ1n) is 6.90. The maximum Gasteiger partial charge on any atom is 0.180 e. The smallest absolute Gasteiger partial charge is 0.180 e. The third kappa shape index (κ3) is 2.53. The monoisotopic (exact) mass is 266 g/mol. The molecule has 100 valence electrons. The number of thiazole rings is 1. The molecular weight excluding hydrogens is 244 g/mol. The highest BCUT2D eigenvalue weighted by Gasteiger charge is 2.32. The standard InChI is InChI=1S/C13H22N4S/c1-10-7-16-5-3-2-4-11(16)8-17(10)9-12-6-15-13(14)18-12/h6,10-11H,2-5,7-9H2,1H3,(H2,14,15). The van der Waals surface area contributed by atoms with E-state index in [2.05, 4.69) is 21.7 Å². The van der Waals surface area contributed by atoms with Crippen molar-refractivity contribution >= 4 is 16.5 Å². The number of piperidine rings is 1. The lowest BCUT2D eigenvalue weighted by Gasteiger charge is -2.47. The van der Waals surface area contributed by atoms with Crippen molar-refractivity contribution in [3.05, 3.63) is 11.1 Å². The molecule has 0 radical (unpaired) electrons. The molecule has 2 saturated heterocycles. The number of nitrogens with two attached hydrogens (primary N) is 1. The van der Waals surface area contributed by atoms with E-state index in [0.29, 0.717) is 11.2 Å². The van der Waals surface area contributed by atoms with Gasteiger partial charge in [0.2, 0.25) is 0 Å². The molecule has 5 heteroatoms. The summed E-state index contributed by atoms with van der Waals surface area (Å²) in [5, 5.41) is 0.689. The highest BCUT2D eigenvalue weighted by atomic mass is 32.1. The average molecular weight is 266 g/mol. The van der Waals surface area contributed by atoms with Gasteiger partial charge in [0.25, 0.3) is 0 Å². The minimum atomic E-state index is 0.641. The molecule has 2 atom stereocenters. The first-order valence-corrected chi connectivity index (χ1v) is 7.72. The van der Waals surface area contributed by atoms with Crippen LogP contribution in [-0.4, -0.2) is 46.5 Å². The normalized spacial score (nSPS) is 30.3. The molecule has 1 aromatic rings. The van der Waals surface area contributed by atoms with Crippen molar-refractivity contribution in [1.29, 1.82) is 0 Å². The molecule has 0 aliphatic carbocycles. The molecule has 2 aliphatic rings. The lowest BCUT2D eigenvalue weighted by molar-refractivity contribution is 0.0115. The second-order valence-corrected chi connectivity index (χ2v) is 6.73. The van der Waals surface area contributed by atoms with Gasteiger partial charge in [-0.05, 0) is 26.3 Å². The van der Waals surface area contributed by atoms with E-state index in [1.807, 2.05) is 6.20 Å². The third-order valence-corrected chi connectivity index (χ3v) is 5.06. The molecule has 4 nitrogen and oxygen atoms in total. The lowest BCUT2D eigenvalue weighted by atomic mass is 9.97. The Labute approximate surface area is 113 Å². The summed E-state index contributed by atoms with van der Waals surface area (Å²) in [5.41, 5.74) is 5.71. The Morgan fingerprint density at radius 2 is 2.33 bits per heavy atom. The van der Waals surface area contributed by atoms with Gasteiger partial charge in [-0.15, -0.1) is 11.3 Å². The predicted octanol–water partition coefficient (Wildman–Crippen LogP) is 1.78. The zero-order valence-electron chi connectivity index (χ0n) is 11.0. The highest BCUT2D eigenvalue weighted by Crippen LogP contribution is 2.26. The highest BCUT2D eigenvalue weighted by molar-refractivity contribution is 7.15. The predicted molar refractivity (Wildman–Crippen MR) is 75.6 cm³/mol. The second-order valence-electron chi connectivity index (χ2n) is 5.59. The molecule has 2 aliphatic heterocycles. The number of nitrogens with zero attached hydrogens (tertiary/aromatic N) is 3. The van der Waals surface area contributed by atoms with E-state index < -0.39 is 0 Å². The number of fused-ring (bicyclic) bond motifs is 1. The largest absolute Gasteiger partial charge is 0.375 e. The van der Waals surface area contributed by atoms with E-state index in [1.165, 1.54) is 43.8 Å². The van der Waals surface area contributed by atoms with Gasteiger partial charge >= 0.3 is 0 Å². The number of anilines is 1. The van der Waals surface area contributed by atoms with Crippen LogP contribution >= 0.6 is 11.3 Å². The molecule has 3 rings (SSSR count). The number of nitrogen functional groups attached to an aromatic ring is 1. The Bertz CT molecular complexity index is 405.